The third-order valence-corrected chi connectivity index (χ3v) is 5.01. The Balaban J connectivity index is 1.55. The van der Waals surface area contributed by atoms with E-state index in [0.717, 1.165) is 24.2 Å². The van der Waals surface area contributed by atoms with Crippen LogP contribution in [0.3, 0.4) is 0 Å². The van der Waals surface area contributed by atoms with Gasteiger partial charge in [0, 0.05) is 30.2 Å². The number of amidine groups is 1. The number of Topliss-reactive ketones (excluding diaryl/α,β-unsaturated/α-hetero) is 1. The summed E-state index contributed by atoms with van der Waals surface area (Å²) in [5, 5.41) is 3.25. The Labute approximate surface area is 150 Å². The molecule has 0 unspecified atom stereocenters. The first-order chi connectivity index (χ1) is 12.1. The number of nitrogens with one attached hydrogen (secondary N) is 1. The van der Waals surface area contributed by atoms with Crippen molar-refractivity contribution in [2.24, 2.45) is 4.99 Å². The van der Waals surface area contributed by atoms with Gasteiger partial charge in [0.15, 0.2) is 5.78 Å². The van der Waals surface area contributed by atoms with E-state index in [1.165, 1.54) is 18.6 Å². The number of carbonyl (C=O) groups is 1. The molecule has 4 nitrogen and oxygen atoms in total. The van der Waals surface area contributed by atoms with Crippen LogP contribution in [0, 0.1) is 5.82 Å². The maximum atomic E-state index is 13.3. The maximum Gasteiger partial charge on any atom is 0.167 e. The molecule has 0 radical (unpaired) electrons. The molecule has 2 aromatic rings. The number of anilines is 1. The molecule has 0 bridgehead atoms. The fourth-order valence-corrected chi connectivity index (χ4v) is 3.34. The summed E-state index contributed by atoms with van der Waals surface area (Å²) in [7, 11) is 0. The molecule has 2 aliphatic rings. The first kappa shape index (κ1) is 16.2. The fourth-order valence-electron chi connectivity index (χ4n) is 3.13. The minimum atomic E-state index is -0.483. The molecule has 1 aromatic heterocycles. The van der Waals surface area contributed by atoms with Crippen LogP contribution in [0.5, 0.6) is 0 Å². The summed E-state index contributed by atoms with van der Waals surface area (Å²) >= 11 is 5.80. The quantitative estimate of drug-likeness (QED) is 0.833. The number of hydrogen-bond acceptors (Lipinski definition) is 3. The molecule has 6 heteroatoms. The zero-order valence-corrected chi connectivity index (χ0v) is 14.3. The van der Waals surface area contributed by atoms with Gasteiger partial charge >= 0.3 is 0 Å². The largest absolute Gasteiger partial charge is 0.328 e. The Morgan fingerprint density at radius 1 is 1.36 bits per heavy atom. The number of aromatic nitrogens is 1. The van der Waals surface area contributed by atoms with E-state index < -0.39 is 5.82 Å². The number of benzene rings is 1. The highest BCUT2D eigenvalue weighted by atomic mass is 35.5. The Morgan fingerprint density at radius 2 is 2.20 bits per heavy atom. The van der Waals surface area contributed by atoms with Gasteiger partial charge in [-0.15, -0.1) is 0 Å². The van der Waals surface area contributed by atoms with E-state index in [9.17, 15) is 9.18 Å². The van der Waals surface area contributed by atoms with Gasteiger partial charge in [0.2, 0.25) is 0 Å². The Hall–Kier alpha value is -2.27. The van der Waals surface area contributed by atoms with Gasteiger partial charge in [-0.1, -0.05) is 17.7 Å². The number of halogens is 2. The standard InChI is InChI=1S/C19H17ClFN3O/c20-15-8-11(4-5-16(15)21)9-17(25)13-6-7-22-19-14(13)10-18(24-19)23-12-2-1-3-12/h4-8,12H,1-3,9-10H2,(H,22,23,24). The molecular formula is C19H17ClFN3O. The van der Waals surface area contributed by atoms with Crippen molar-refractivity contribution in [3.63, 3.8) is 0 Å². The number of fused-ring (bicyclic) bond motifs is 1. The van der Waals surface area contributed by atoms with Crippen LogP contribution in [0.1, 0.15) is 40.7 Å². The summed E-state index contributed by atoms with van der Waals surface area (Å²) in [5.74, 6) is 1.08. The molecule has 1 fully saturated rings. The van der Waals surface area contributed by atoms with Gasteiger partial charge in [-0.2, -0.15) is 0 Å². The first-order valence-corrected chi connectivity index (χ1v) is 8.76. The van der Waals surface area contributed by atoms with Crippen molar-refractivity contribution in [3.8, 4) is 0 Å². The minimum Gasteiger partial charge on any atom is -0.328 e. The van der Waals surface area contributed by atoms with Gasteiger partial charge in [0.25, 0.3) is 0 Å². The van der Waals surface area contributed by atoms with Crippen LogP contribution in [0.25, 0.3) is 0 Å². The van der Waals surface area contributed by atoms with Crippen LogP contribution in [-0.4, -0.2) is 22.6 Å². The molecular weight excluding hydrogens is 341 g/mol. The predicted molar refractivity (Wildman–Crippen MR) is 96.1 cm³/mol. The maximum absolute atomic E-state index is 13.3. The van der Waals surface area contributed by atoms with Crippen LogP contribution >= 0.6 is 11.6 Å². The number of ketones is 1. The Bertz CT molecular complexity index is 877. The van der Waals surface area contributed by atoms with Gasteiger partial charge in [0.1, 0.15) is 17.5 Å². The monoisotopic (exact) mass is 357 g/mol. The molecule has 25 heavy (non-hydrogen) atoms. The number of rotatable bonds is 4. The van der Waals surface area contributed by atoms with Crippen LogP contribution in [0.2, 0.25) is 5.02 Å². The van der Waals surface area contributed by atoms with E-state index in [1.807, 2.05) is 0 Å². The molecule has 2 heterocycles. The van der Waals surface area contributed by atoms with Crippen LogP contribution in [-0.2, 0) is 12.8 Å². The molecule has 1 saturated carbocycles. The summed E-state index contributed by atoms with van der Waals surface area (Å²) in [4.78, 5) is 21.8. The number of nitrogens with zero attached hydrogens (tertiary/aromatic N) is 2. The van der Waals surface area contributed by atoms with Crippen LogP contribution in [0.4, 0.5) is 10.2 Å². The van der Waals surface area contributed by atoms with Crippen molar-refractivity contribution in [3.05, 3.63) is 58.0 Å². The normalized spacial score (nSPS) is 17.9. The molecule has 0 atom stereocenters. The molecule has 1 aliphatic heterocycles. The SMILES string of the molecule is O=C(Cc1ccc(F)c(Cl)c1)c1ccnc2c1CC(=NC1CCC1)N2. The third kappa shape index (κ3) is 3.29. The van der Waals surface area contributed by atoms with E-state index in [0.29, 0.717) is 29.4 Å². The second-order valence-corrected chi connectivity index (χ2v) is 6.90. The summed E-state index contributed by atoms with van der Waals surface area (Å²) in [6.45, 7) is 0. The molecule has 1 aliphatic carbocycles. The summed E-state index contributed by atoms with van der Waals surface area (Å²) < 4.78 is 13.3. The third-order valence-electron chi connectivity index (χ3n) is 4.72. The van der Waals surface area contributed by atoms with E-state index in [2.05, 4.69) is 10.3 Å². The molecule has 0 amide bonds. The predicted octanol–water partition coefficient (Wildman–Crippen LogP) is 4.22. The first-order valence-electron chi connectivity index (χ1n) is 8.39. The lowest BCUT2D eigenvalue weighted by Gasteiger charge is -2.21. The van der Waals surface area contributed by atoms with Gasteiger partial charge in [-0.05, 0) is 43.0 Å². The molecule has 0 saturated heterocycles. The van der Waals surface area contributed by atoms with E-state index >= 15 is 0 Å². The van der Waals surface area contributed by atoms with Crippen molar-refractivity contribution in [2.45, 2.75) is 38.1 Å². The molecule has 1 N–H and O–H groups in total. The van der Waals surface area contributed by atoms with Crippen LogP contribution < -0.4 is 5.32 Å². The van der Waals surface area contributed by atoms with E-state index in [-0.39, 0.29) is 17.2 Å². The Kier molecular flexibility index (Phi) is 4.25. The fraction of sp³-hybridized carbons (Fsp3) is 0.316. The zero-order valence-electron chi connectivity index (χ0n) is 13.6. The lowest BCUT2D eigenvalue weighted by molar-refractivity contribution is 0.0992. The van der Waals surface area contributed by atoms with Crippen molar-refractivity contribution < 1.29 is 9.18 Å². The van der Waals surface area contributed by atoms with Crippen molar-refractivity contribution >= 4 is 29.0 Å². The van der Waals surface area contributed by atoms with E-state index in [4.69, 9.17) is 16.6 Å². The van der Waals surface area contributed by atoms with E-state index in [1.54, 1.807) is 18.3 Å². The van der Waals surface area contributed by atoms with Gasteiger partial charge in [-0.25, -0.2) is 9.37 Å². The average Bonchev–Trinajstić information content (AvgIpc) is 2.97. The molecule has 1 aromatic carbocycles. The smallest absolute Gasteiger partial charge is 0.167 e. The summed E-state index contributed by atoms with van der Waals surface area (Å²) in [5.41, 5.74) is 2.21. The summed E-state index contributed by atoms with van der Waals surface area (Å²) in [6, 6.07) is 6.50. The molecule has 128 valence electrons. The van der Waals surface area contributed by atoms with Crippen molar-refractivity contribution in [1.82, 2.24) is 4.98 Å². The van der Waals surface area contributed by atoms with Gasteiger partial charge in [-0.3, -0.25) is 9.79 Å². The van der Waals surface area contributed by atoms with Crippen molar-refractivity contribution in [2.75, 3.05) is 5.32 Å². The van der Waals surface area contributed by atoms with Gasteiger partial charge in [0.05, 0.1) is 11.1 Å². The zero-order chi connectivity index (χ0) is 17.4. The number of carbonyl (C=O) groups excluding carboxylic acids is 1. The number of hydrogen-bond donors (Lipinski definition) is 1. The van der Waals surface area contributed by atoms with Crippen molar-refractivity contribution in [1.29, 1.82) is 0 Å². The topological polar surface area (TPSA) is 54.4 Å². The summed E-state index contributed by atoms with van der Waals surface area (Å²) in [6.07, 6.45) is 5.90. The second kappa shape index (κ2) is 6.56. The lowest BCUT2D eigenvalue weighted by Crippen LogP contribution is -2.19. The highest BCUT2D eigenvalue weighted by molar-refractivity contribution is 6.30. The molecule has 0 spiro atoms. The number of aliphatic imine (C=N–C) groups is 1. The molecule has 4 rings (SSSR count). The highest BCUT2D eigenvalue weighted by Gasteiger charge is 2.26. The number of pyridine rings is 1. The highest BCUT2D eigenvalue weighted by Crippen LogP contribution is 2.28. The van der Waals surface area contributed by atoms with Gasteiger partial charge < -0.3 is 5.32 Å². The average molecular weight is 358 g/mol. The van der Waals surface area contributed by atoms with Crippen LogP contribution in [0.15, 0.2) is 35.5 Å². The lowest BCUT2D eigenvalue weighted by atomic mass is 9.94. The minimum absolute atomic E-state index is 0.0295. The second-order valence-electron chi connectivity index (χ2n) is 6.50. The Morgan fingerprint density at radius 3 is 2.92 bits per heavy atom.